The summed E-state index contributed by atoms with van der Waals surface area (Å²) in [5.41, 5.74) is 3.80. The molecule has 5 rings (SSSR count). The van der Waals surface area contributed by atoms with Crippen molar-refractivity contribution >= 4 is 44.9 Å². The Morgan fingerprint density at radius 3 is 2.67 bits per heavy atom. The van der Waals surface area contributed by atoms with Gasteiger partial charge in [-0.15, -0.1) is 11.3 Å². The van der Waals surface area contributed by atoms with Gasteiger partial charge in [-0.25, -0.2) is 9.37 Å². The molecule has 0 saturated heterocycles. The van der Waals surface area contributed by atoms with Crippen LogP contribution in [0.3, 0.4) is 0 Å². The maximum Gasteiger partial charge on any atom is 0.263 e. The number of thiophene rings is 1. The molecule has 0 radical (unpaired) electrons. The first-order chi connectivity index (χ1) is 18.6. The van der Waals surface area contributed by atoms with E-state index < -0.39 is 0 Å². The van der Waals surface area contributed by atoms with Gasteiger partial charge in [0.2, 0.25) is 5.91 Å². The zero-order valence-electron chi connectivity index (χ0n) is 22.8. The van der Waals surface area contributed by atoms with Gasteiger partial charge >= 0.3 is 0 Å². The van der Waals surface area contributed by atoms with Gasteiger partial charge in [-0.2, -0.15) is 0 Å². The monoisotopic (exact) mass is 563 g/mol. The molecule has 2 heterocycles. The van der Waals surface area contributed by atoms with Crippen LogP contribution in [0, 0.1) is 11.7 Å². The third-order valence-corrected chi connectivity index (χ3v) is 9.38. The summed E-state index contributed by atoms with van der Waals surface area (Å²) in [6.07, 6.45) is 3.51. The molecule has 1 aliphatic carbocycles. The van der Waals surface area contributed by atoms with Crippen molar-refractivity contribution in [2.45, 2.75) is 70.5 Å². The van der Waals surface area contributed by atoms with Crippen LogP contribution in [-0.2, 0) is 36.0 Å². The van der Waals surface area contributed by atoms with Crippen molar-refractivity contribution in [3.63, 3.8) is 0 Å². The lowest BCUT2D eigenvalue weighted by Crippen LogP contribution is -2.26. The summed E-state index contributed by atoms with van der Waals surface area (Å²) in [4.78, 5) is 33.9. The minimum Gasteiger partial charge on any atom is -0.325 e. The second-order valence-corrected chi connectivity index (χ2v) is 13.4. The van der Waals surface area contributed by atoms with Crippen LogP contribution in [0.15, 0.2) is 58.5 Å². The lowest BCUT2D eigenvalue weighted by Gasteiger charge is -2.23. The second kappa shape index (κ2) is 11.3. The smallest absolute Gasteiger partial charge is 0.263 e. The van der Waals surface area contributed by atoms with E-state index in [2.05, 4.69) is 33.0 Å². The van der Waals surface area contributed by atoms with Crippen LogP contribution in [0.4, 0.5) is 10.1 Å². The summed E-state index contributed by atoms with van der Waals surface area (Å²) >= 11 is 2.91. The van der Waals surface area contributed by atoms with E-state index in [9.17, 15) is 14.0 Å². The number of aromatic nitrogens is 2. The average Bonchev–Trinajstić information content (AvgIpc) is 3.25. The standard InChI is InChI=1S/C31H34FN3O2S2/c1-19-9-14-22-25(17-19)39-28-27(22)29(37)35(16-15-20-10-12-21(32)13-11-20)30(34-28)38-18-26(36)33-24-8-6-5-7-23(24)31(2,3)4/h5-8,10-13,19H,9,14-18H2,1-4H3,(H,33,36)/t19-/m1/s1. The molecule has 1 aliphatic rings. The van der Waals surface area contributed by atoms with Gasteiger partial charge in [0, 0.05) is 17.1 Å². The molecule has 1 N–H and O–H groups in total. The minimum atomic E-state index is -0.284. The number of benzene rings is 2. The number of rotatable bonds is 7. The topological polar surface area (TPSA) is 64.0 Å². The molecule has 8 heteroatoms. The van der Waals surface area contributed by atoms with E-state index in [4.69, 9.17) is 4.98 Å². The molecule has 204 valence electrons. The van der Waals surface area contributed by atoms with Gasteiger partial charge in [0.25, 0.3) is 5.56 Å². The molecule has 0 fully saturated rings. The molecule has 4 aromatic rings. The fourth-order valence-electron chi connectivity index (χ4n) is 5.17. The first kappa shape index (κ1) is 27.6. The Kier molecular flexibility index (Phi) is 7.96. The van der Waals surface area contributed by atoms with Gasteiger partial charge in [-0.3, -0.25) is 14.2 Å². The summed E-state index contributed by atoms with van der Waals surface area (Å²) < 4.78 is 15.1. The normalized spacial score (nSPS) is 15.4. The van der Waals surface area contributed by atoms with Gasteiger partial charge < -0.3 is 5.32 Å². The Bertz CT molecular complexity index is 1570. The summed E-state index contributed by atoms with van der Waals surface area (Å²) in [7, 11) is 0. The van der Waals surface area contributed by atoms with Crippen LogP contribution < -0.4 is 10.9 Å². The molecule has 39 heavy (non-hydrogen) atoms. The van der Waals surface area contributed by atoms with E-state index in [1.165, 1.54) is 28.8 Å². The van der Waals surface area contributed by atoms with Crippen LogP contribution in [0.1, 0.15) is 55.7 Å². The molecule has 2 aromatic heterocycles. The fraction of sp³-hybridized carbons (Fsp3) is 0.387. The van der Waals surface area contributed by atoms with Crippen LogP contribution >= 0.6 is 23.1 Å². The van der Waals surface area contributed by atoms with Crippen molar-refractivity contribution in [3.05, 3.63) is 86.3 Å². The van der Waals surface area contributed by atoms with Crippen molar-refractivity contribution < 1.29 is 9.18 Å². The highest BCUT2D eigenvalue weighted by atomic mass is 32.2. The summed E-state index contributed by atoms with van der Waals surface area (Å²) in [6, 6.07) is 14.2. The van der Waals surface area contributed by atoms with Gasteiger partial charge in [0.15, 0.2) is 5.16 Å². The van der Waals surface area contributed by atoms with E-state index in [-0.39, 0.29) is 28.5 Å². The Morgan fingerprint density at radius 2 is 1.92 bits per heavy atom. The Morgan fingerprint density at radius 1 is 1.18 bits per heavy atom. The number of hydrogen-bond donors (Lipinski definition) is 1. The van der Waals surface area contributed by atoms with Crippen LogP contribution in [0.5, 0.6) is 0 Å². The van der Waals surface area contributed by atoms with Gasteiger partial charge in [-0.1, -0.05) is 69.8 Å². The van der Waals surface area contributed by atoms with Gasteiger partial charge in [0.1, 0.15) is 10.6 Å². The molecule has 1 amide bonds. The molecule has 0 bridgehead atoms. The highest BCUT2D eigenvalue weighted by Gasteiger charge is 2.25. The summed E-state index contributed by atoms with van der Waals surface area (Å²) in [6.45, 7) is 9.01. The maximum atomic E-state index is 13.9. The Labute approximate surface area is 236 Å². The van der Waals surface area contributed by atoms with Gasteiger partial charge in [0.05, 0.1) is 11.1 Å². The zero-order valence-corrected chi connectivity index (χ0v) is 24.5. The largest absolute Gasteiger partial charge is 0.325 e. The van der Waals surface area contributed by atoms with Crippen molar-refractivity contribution in [3.8, 4) is 0 Å². The summed E-state index contributed by atoms with van der Waals surface area (Å²) in [5.74, 6) is 0.304. The molecular weight excluding hydrogens is 529 g/mol. The number of amides is 1. The van der Waals surface area contributed by atoms with Crippen molar-refractivity contribution in [1.29, 1.82) is 0 Å². The number of para-hydroxylation sites is 1. The quantitative estimate of drug-likeness (QED) is 0.194. The third kappa shape index (κ3) is 6.12. The number of thioether (sulfide) groups is 1. The molecular formula is C31H34FN3O2S2. The fourth-order valence-corrected chi connectivity index (χ4v) is 7.42. The molecule has 1 atom stereocenters. The average molecular weight is 564 g/mol. The number of nitrogens with one attached hydrogen (secondary N) is 1. The molecule has 2 aromatic carbocycles. The number of carbonyl (C=O) groups is 1. The number of halogens is 1. The molecule has 5 nitrogen and oxygen atoms in total. The van der Waals surface area contributed by atoms with E-state index in [0.29, 0.717) is 24.0 Å². The number of carbonyl (C=O) groups excluding carboxylic acids is 1. The SMILES string of the molecule is C[C@@H]1CCc2c(sc3nc(SCC(=O)Nc4ccccc4C(C)(C)C)n(CCc4ccc(F)cc4)c(=O)c23)C1. The van der Waals surface area contributed by atoms with Crippen LogP contribution in [0.2, 0.25) is 0 Å². The van der Waals surface area contributed by atoms with Gasteiger partial charge in [-0.05, 0) is 71.9 Å². The van der Waals surface area contributed by atoms with Crippen molar-refractivity contribution in [1.82, 2.24) is 9.55 Å². The second-order valence-electron chi connectivity index (χ2n) is 11.4. The minimum absolute atomic E-state index is 0.0462. The molecule has 0 spiro atoms. The van der Waals surface area contributed by atoms with Crippen LogP contribution in [-0.4, -0.2) is 21.2 Å². The predicted octanol–water partition coefficient (Wildman–Crippen LogP) is 6.99. The lowest BCUT2D eigenvalue weighted by atomic mass is 9.86. The first-order valence-electron chi connectivity index (χ1n) is 13.4. The predicted molar refractivity (Wildman–Crippen MR) is 160 cm³/mol. The van der Waals surface area contributed by atoms with E-state index in [1.54, 1.807) is 28.0 Å². The highest BCUT2D eigenvalue weighted by Crippen LogP contribution is 2.37. The van der Waals surface area contributed by atoms with E-state index >= 15 is 0 Å². The Hall–Kier alpha value is -2.97. The number of fused-ring (bicyclic) bond motifs is 3. The maximum absolute atomic E-state index is 13.9. The van der Waals surface area contributed by atoms with E-state index in [0.717, 1.165) is 51.9 Å². The number of nitrogens with zero attached hydrogens (tertiary/aromatic N) is 2. The van der Waals surface area contributed by atoms with Crippen molar-refractivity contribution in [2.75, 3.05) is 11.1 Å². The first-order valence-corrected chi connectivity index (χ1v) is 15.2. The zero-order chi connectivity index (χ0) is 27.7. The van der Waals surface area contributed by atoms with E-state index in [1.807, 2.05) is 24.3 Å². The highest BCUT2D eigenvalue weighted by molar-refractivity contribution is 7.99. The Balaban J connectivity index is 1.43. The number of hydrogen-bond acceptors (Lipinski definition) is 5. The van der Waals surface area contributed by atoms with Crippen molar-refractivity contribution in [2.24, 2.45) is 5.92 Å². The number of aryl methyl sites for hydroxylation is 2. The molecule has 0 unspecified atom stereocenters. The summed E-state index contributed by atoms with van der Waals surface area (Å²) in [5, 5.41) is 4.33. The lowest BCUT2D eigenvalue weighted by molar-refractivity contribution is -0.113. The molecule has 0 aliphatic heterocycles. The van der Waals surface area contributed by atoms with Crippen LogP contribution in [0.25, 0.3) is 10.2 Å². The third-order valence-electron chi connectivity index (χ3n) is 7.26. The molecule has 0 saturated carbocycles. The number of anilines is 1.